The molecule has 3 heterocycles. The number of hydrogen-bond donors (Lipinski definition) is 3. The molecule has 0 radical (unpaired) electrons. The number of benzene rings is 1. The highest BCUT2D eigenvalue weighted by atomic mass is 19.4. The predicted octanol–water partition coefficient (Wildman–Crippen LogP) is 2.73. The van der Waals surface area contributed by atoms with E-state index in [0.717, 1.165) is 6.92 Å². The number of carbonyl (C=O) groups is 2. The Kier molecular flexibility index (Phi) is 7.90. The van der Waals surface area contributed by atoms with Crippen LogP contribution in [0.3, 0.4) is 0 Å². The van der Waals surface area contributed by atoms with Crippen LogP contribution in [-0.2, 0) is 16.1 Å². The molecule has 11 nitrogen and oxygen atoms in total. The summed E-state index contributed by atoms with van der Waals surface area (Å²) in [5.74, 6) is -5.30. The van der Waals surface area contributed by atoms with E-state index in [1.165, 1.54) is 41.3 Å². The van der Waals surface area contributed by atoms with Crippen LogP contribution in [0.2, 0.25) is 0 Å². The van der Waals surface area contributed by atoms with Gasteiger partial charge in [-0.15, -0.1) is 0 Å². The van der Waals surface area contributed by atoms with E-state index in [9.17, 15) is 36.6 Å². The monoisotopic (exact) mass is 565 g/mol. The number of amides is 1. The predicted molar refractivity (Wildman–Crippen MR) is 127 cm³/mol. The van der Waals surface area contributed by atoms with E-state index < -0.39 is 54.0 Å². The van der Waals surface area contributed by atoms with Gasteiger partial charge in [0.05, 0.1) is 31.5 Å². The van der Waals surface area contributed by atoms with Crippen LogP contribution in [0.1, 0.15) is 12.5 Å². The zero-order valence-corrected chi connectivity index (χ0v) is 20.5. The number of nitrogens with zero attached hydrogens (tertiary/aromatic N) is 5. The van der Waals surface area contributed by atoms with Crippen LogP contribution in [0.25, 0.3) is 22.9 Å². The van der Waals surface area contributed by atoms with Crippen LogP contribution in [0, 0.1) is 11.6 Å². The fraction of sp³-hybridized carbons (Fsp3) is 0.250. The van der Waals surface area contributed by atoms with Gasteiger partial charge in [0.25, 0.3) is 11.5 Å². The Morgan fingerprint density at radius 1 is 1.10 bits per heavy atom. The second kappa shape index (κ2) is 11.2. The van der Waals surface area contributed by atoms with Gasteiger partial charge >= 0.3 is 6.18 Å². The van der Waals surface area contributed by atoms with Gasteiger partial charge in [-0.3, -0.25) is 14.3 Å². The first-order valence-corrected chi connectivity index (χ1v) is 11.4. The molecule has 4 rings (SSSR count). The third-order valence-electron chi connectivity index (χ3n) is 5.59. The highest BCUT2D eigenvalue weighted by Crippen LogP contribution is 2.32. The van der Waals surface area contributed by atoms with Crippen LogP contribution in [0.5, 0.6) is 0 Å². The van der Waals surface area contributed by atoms with Gasteiger partial charge in [0.1, 0.15) is 29.3 Å². The van der Waals surface area contributed by atoms with E-state index in [0.29, 0.717) is 17.6 Å². The summed E-state index contributed by atoms with van der Waals surface area (Å²) >= 11 is 0. The van der Waals surface area contributed by atoms with Crippen molar-refractivity contribution in [2.75, 3.05) is 18.4 Å². The SMILES string of the molecule is CC(=O)CNC(=O)C(O)(CNc1nc(-c2cc(-c3ccon3)n(Cc3ccccc3F)n2)ncc1F)C(F)(F)F. The number of anilines is 1. The zero-order valence-electron chi connectivity index (χ0n) is 20.5. The third-order valence-corrected chi connectivity index (χ3v) is 5.59. The molecule has 1 unspecified atom stereocenters. The number of hydrogen-bond acceptors (Lipinski definition) is 9. The van der Waals surface area contributed by atoms with E-state index in [-0.39, 0.29) is 23.6 Å². The maximum Gasteiger partial charge on any atom is 0.428 e. The Bertz CT molecular complexity index is 1520. The molecule has 4 aromatic rings. The molecular formula is C24H20F5N7O4. The van der Waals surface area contributed by atoms with Crippen molar-refractivity contribution in [3.05, 3.63) is 66.1 Å². The van der Waals surface area contributed by atoms with Crippen molar-refractivity contribution < 1.29 is 41.2 Å². The quantitative estimate of drug-likeness (QED) is 0.247. The number of alkyl halides is 3. The smallest absolute Gasteiger partial charge is 0.371 e. The van der Waals surface area contributed by atoms with Gasteiger partial charge in [-0.1, -0.05) is 23.4 Å². The number of aromatic nitrogens is 5. The van der Waals surface area contributed by atoms with Gasteiger partial charge in [0.2, 0.25) is 0 Å². The Hall–Kier alpha value is -4.73. The first-order valence-electron chi connectivity index (χ1n) is 11.4. The Balaban J connectivity index is 1.65. The molecule has 0 bridgehead atoms. The Morgan fingerprint density at radius 3 is 2.50 bits per heavy atom. The average Bonchev–Trinajstić information content (AvgIpc) is 3.57. The lowest BCUT2D eigenvalue weighted by molar-refractivity contribution is -0.246. The fourth-order valence-electron chi connectivity index (χ4n) is 3.47. The van der Waals surface area contributed by atoms with E-state index >= 15 is 0 Å². The molecule has 3 aromatic heterocycles. The minimum absolute atomic E-state index is 0.0164. The first kappa shape index (κ1) is 28.3. The summed E-state index contributed by atoms with van der Waals surface area (Å²) < 4.78 is 75.8. The minimum atomic E-state index is -5.49. The Labute approximate surface area is 222 Å². The third kappa shape index (κ3) is 5.96. The maximum atomic E-state index is 14.5. The number of halogens is 5. The summed E-state index contributed by atoms with van der Waals surface area (Å²) in [6.45, 7) is -1.34. The van der Waals surface area contributed by atoms with Gasteiger partial charge in [-0.25, -0.2) is 18.7 Å². The number of ketones is 1. The summed E-state index contributed by atoms with van der Waals surface area (Å²) in [5.41, 5.74) is -3.09. The van der Waals surface area contributed by atoms with Crippen molar-refractivity contribution in [2.45, 2.75) is 25.2 Å². The summed E-state index contributed by atoms with van der Waals surface area (Å²) in [7, 11) is 0. The molecule has 1 aromatic carbocycles. The molecule has 0 spiro atoms. The topological polar surface area (TPSA) is 148 Å². The van der Waals surface area contributed by atoms with Gasteiger partial charge in [-0.05, 0) is 19.1 Å². The van der Waals surface area contributed by atoms with E-state index in [2.05, 4.69) is 20.2 Å². The van der Waals surface area contributed by atoms with Crippen molar-refractivity contribution in [1.82, 2.24) is 30.2 Å². The van der Waals surface area contributed by atoms with Crippen LogP contribution in [0.4, 0.5) is 27.8 Å². The molecule has 0 saturated heterocycles. The normalized spacial score (nSPS) is 13.1. The lowest BCUT2D eigenvalue weighted by Gasteiger charge is -2.29. The average molecular weight is 565 g/mol. The standard InChI is InChI=1S/C24H20F5N7O4/c1-13(37)9-31-22(38)23(39,24(27,28)29)12-32-20-16(26)10-30-21(33-20)18-8-19(17-6-7-40-35-17)36(34-18)11-14-4-2-3-5-15(14)25/h2-8,10,39H,9,11-12H2,1H3,(H,31,38)(H,30,32,33). The summed E-state index contributed by atoms with van der Waals surface area (Å²) in [6, 6.07) is 8.87. The van der Waals surface area contributed by atoms with Crippen molar-refractivity contribution in [3.63, 3.8) is 0 Å². The van der Waals surface area contributed by atoms with Crippen LogP contribution < -0.4 is 10.6 Å². The van der Waals surface area contributed by atoms with Crippen molar-refractivity contribution >= 4 is 17.5 Å². The molecule has 1 amide bonds. The lowest BCUT2D eigenvalue weighted by Crippen LogP contribution is -2.61. The van der Waals surface area contributed by atoms with Gasteiger partial charge < -0.3 is 20.3 Å². The molecule has 0 fully saturated rings. The Morgan fingerprint density at radius 2 is 1.85 bits per heavy atom. The minimum Gasteiger partial charge on any atom is -0.371 e. The van der Waals surface area contributed by atoms with Crippen molar-refractivity contribution in [3.8, 4) is 22.9 Å². The largest absolute Gasteiger partial charge is 0.428 e. The second-order valence-corrected chi connectivity index (χ2v) is 8.53. The molecule has 40 heavy (non-hydrogen) atoms. The maximum absolute atomic E-state index is 14.5. The second-order valence-electron chi connectivity index (χ2n) is 8.53. The summed E-state index contributed by atoms with van der Waals surface area (Å²) in [4.78, 5) is 30.8. The van der Waals surface area contributed by atoms with Crippen LogP contribution in [0.15, 0.2) is 53.4 Å². The molecule has 0 aliphatic heterocycles. The molecule has 210 valence electrons. The summed E-state index contributed by atoms with van der Waals surface area (Å²) in [6.07, 6.45) is -3.55. The van der Waals surface area contributed by atoms with E-state index in [4.69, 9.17) is 4.52 Å². The molecule has 3 N–H and O–H groups in total. The van der Waals surface area contributed by atoms with E-state index in [1.54, 1.807) is 11.4 Å². The molecule has 1 atom stereocenters. The zero-order chi connectivity index (χ0) is 29.1. The molecule has 0 aliphatic carbocycles. The van der Waals surface area contributed by atoms with Gasteiger partial charge in [0, 0.05) is 11.6 Å². The molecule has 16 heteroatoms. The summed E-state index contributed by atoms with van der Waals surface area (Å²) in [5, 5.41) is 22.0. The lowest BCUT2D eigenvalue weighted by atomic mass is 10.0. The highest BCUT2D eigenvalue weighted by Gasteiger charge is 2.59. The number of nitrogens with one attached hydrogen (secondary N) is 2. The number of rotatable bonds is 10. The first-order chi connectivity index (χ1) is 18.9. The molecule has 0 aliphatic rings. The van der Waals surface area contributed by atoms with E-state index in [1.807, 2.05) is 5.32 Å². The number of Topliss-reactive ketones (excluding diaryl/α,β-unsaturated/α-hetero) is 1. The van der Waals surface area contributed by atoms with Crippen LogP contribution in [-0.4, -0.2) is 66.6 Å². The van der Waals surface area contributed by atoms with Gasteiger partial charge in [0.15, 0.2) is 17.5 Å². The molecular weight excluding hydrogens is 545 g/mol. The number of aliphatic hydroxyl groups is 1. The van der Waals surface area contributed by atoms with Gasteiger partial charge in [-0.2, -0.15) is 18.3 Å². The van der Waals surface area contributed by atoms with Crippen molar-refractivity contribution in [1.29, 1.82) is 0 Å². The number of carbonyl (C=O) groups excluding carboxylic acids is 2. The highest BCUT2D eigenvalue weighted by molar-refractivity contribution is 5.90. The van der Waals surface area contributed by atoms with Crippen molar-refractivity contribution in [2.24, 2.45) is 0 Å². The van der Waals surface area contributed by atoms with Crippen LogP contribution >= 0.6 is 0 Å². The fourth-order valence-corrected chi connectivity index (χ4v) is 3.47. The molecule has 0 saturated carbocycles.